The Morgan fingerprint density at radius 1 is 1.20 bits per heavy atom. The van der Waals surface area contributed by atoms with Crippen LogP contribution in [0.3, 0.4) is 0 Å². The van der Waals surface area contributed by atoms with Gasteiger partial charge in [-0.25, -0.2) is 4.79 Å². The molecule has 4 nitrogen and oxygen atoms in total. The summed E-state index contributed by atoms with van der Waals surface area (Å²) in [5.74, 6) is 0. The smallest absolute Gasteiger partial charge is 0.328 e. The molecule has 0 aliphatic carbocycles. The van der Waals surface area contributed by atoms with Gasteiger partial charge in [0, 0.05) is 20.7 Å². The van der Waals surface area contributed by atoms with E-state index in [0.29, 0.717) is 6.42 Å². The van der Waals surface area contributed by atoms with Crippen molar-refractivity contribution in [1.29, 1.82) is 0 Å². The molecule has 80 valence electrons. The van der Waals surface area contributed by atoms with Gasteiger partial charge in [-0.1, -0.05) is 6.07 Å². The summed E-state index contributed by atoms with van der Waals surface area (Å²) in [6, 6.07) is 5.81. The van der Waals surface area contributed by atoms with Crippen LogP contribution in [0.5, 0.6) is 0 Å². The number of aryl methyl sites for hydroxylation is 2. The molecule has 0 amide bonds. The molecule has 2 rings (SSSR count). The fourth-order valence-corrected chi connectivity index (χ4v) is 1.84. The van der Waals surface area contributed by atoms with Crippen molar-refractivity contribution < 1.29 is 5.11 Å². The summed E-state index contributed by atoms with van der Waals surface area (Å²) in [6.45, 7) is 0.131. The predicted molar refractivity (Wildman–Crippen MR) is 58.9 cm³/mol. The summed E-state index contributed by atoms with van der Waals surface area (Å²) in [5.41, 5.74) is 2.86. The van der Waals surface area contributed by atoms with E-state index in [-0.39, 0.29) is 12.3 Å². The van der Waals surface area contributed by atoms with Crippen LogP contribution >= 0.6 is 0 Å². The average molecular weight is 206 g/mol. The van der Waals surface area contributed by atoms with Crippen molar-refractivity contribution in [3.63, 3.8) is 0 Å². The second-order valence-corrected chi connectivity index (χ2v) is 3.70. The molecule has 1 N–H and O–H groups in total. The summed E-state index contributed by atoms with van der Waals surface area (Å²) in [6.07, 6.45) is 0.624. The summed E-state index contributed by atoms with van der Waals surface area (Å²) in [5, 5.41) is 8.85. The summed E-state index contributed by atoms with van der Waals surface area (Å²) in [4.78, 5) is 11.6. The Morgan fingerprint density at radius 3 is 2.53 bits per heavy atom. The van der Waals surface area contributed by atoms with Gasteiger partial charge in [0.15, 0.2) is 0 Å². The number of hydrogen-bond acceptors (Lipinski definition) is 2. The molecular weight excluding hydrogens is 192 g/mol. The van der Waals surface area contributed by atoms with Gasteiger partial charge in [0.2, 0.25) is 0 Å². The Labute approximate surface area is 87.4 Å². The molecule has 15 heavy (non-hydrogen) atoms. The van der Waals surface area contributed by atoms with Gasteiger partial charge in [-0.3, -0.25) is 9.13 Å². The summed E-state index contributed by atoms with van der Waals surface area (Å²) >= 11 is 0. The zero-order valence-electron chi connectivity index (χ0n) is 8.90. The van der Waals surface area contributed by atoms with Crippen molar-refractivity contribution in [3.05, 3.63) is 34.2 Å². The molecule has 0 spiro atoms. The Bertz CT molecular complexity index is 551. The topological polar surface area (TPSA) is 47.2 Å². The minimum atomic E-state index is -0.0221. The molecule has 1 aromatic heterocycles. The van der Waals surface area contributed by atoms with Gasteiger partial charge in [0.25, 0.3) is 0 Å². The first kappa shape index (κ1) is 9.98. The van der Waals surface area contributed by atoms with Crippen LogP contribution in [-0.2, 0) is 20.5 Å². The molecule has 0 unspecified atom stereocenters. The predicted octanol–water partition coefficient (Wildman–Crippen LogP) is 0.412. The second-order valence-electron chi connectivity index (χ2n) is 3.70. The highest BCUT2D eigenvalue weighted by Gasteiger charge is 2.07. The standard InChI is InChI=1S/C11H14N2O2/c1-12-9-4-3-8(5-6-14)7-10(9)13(2)11(12)15/h3-4,7,14H,5-6H2,1-2H3. The maximum Gasteiger partial charge on any atom is 0.328 e. The molecule has 0 atom stereocenters. The molecule has 2 aromatic rings. The van der Waals surface area contributed by atoms with Crippen LogP contribution in [0.4, 0.5) is 0 Å². The van der Waals surface area contributed by atoms with Gasteiger partial charge in [-0.15, -0.1) is 0 Å². The molecular formula is C11H14N2O2. The number of nitrogens with zero attached hydrogens (tertiary/aromatic N) is 2. The molecule has 0 saturated heterocycles. The summed E-state index contributed by atoms with van der Waals surface area (Å²) < 4.78 is 3.24. The molecule has 0 fully saturated rings. The van der Waals surface area contributed by atoms with Crippen LogP contribution in [0.2, 0.25) is 0 Å². The van der Waals surface area contributed by atoms with E-state index in [4.69, 9.17) is 5.11 Å². The fourth-order valence-electron chi connectivity index (χ4n) is 1.84. The SMILES string of the molecule is Cn1c(=O)n(C)c2cc(CCO)ccc21. The zero-order chi connectivity index (χ0) is 11.0. The molecule has 4 heteroatoms. The largest absolute Gasteiger partial charge is 0.396 e. The maximum atomic E-state index is 11.6. The number of aliphatic hydroxyl groups is 1. The van der Waals surface area contributed by atoms with Gasteiger partial charge in [0.05, 0.1) is 11.0 Å². The van der Waals surface area contributed by atoms with Gasteiger partial charge < -0.3 is 5.11 Å². The zero-order valence-corrected chi connectivity index (χ0v) is 8.90. The molecule has 0 saturated carbocycles. The lowest BCUT2D eigenvalue weighted by molar-refractivity contribution is 0.299. The minimum Gasteiger partial charge on any atom is -0.396 e. The molecule has 1 aromatic carbocycles. The highest BCUT2D eigenvalue weighted by Crippen LogP contribution is 2.14. The quantitative estimate of drug-likeness (QED) is 0.773. The molecule has 0 aliphatic rings. The first-order chi connectivity index (χ1) is 7.15. The van der Waals surface area contributed by atoms with Crippen LogP contribution in [-0.4, -0.2) is 20.8 Å². The van der Waals surface area contributed by atoms with Gasteiger partial charge >= 0.3 is 5.69 Å². The Balaban J connectivity index is 2.71. The van der Waals surface area contributed by atoms with Crippen LogP contribution in [0.1, 0.15) is 5.56 Å². The van der Waals surface area contributed by atoms with Crippen LogP contribution in [0.15, 0.2) is 23.0 Å². The van der Waals surface area contributed by atoms with Crippen molar-refractivity contribution in [2.45, 2.75) is 6.42 Å². The fraction of sp³-hybridized carbons (Fsp3) is 0.364. The minimum absolute atomic E-state index is 0.0221. The monoisotopic (exact) mass is 206 g/mol. The van der Waals surface area contributed by atoms with Gasteiger partial charge in [-0.05, 0) is 24.1 Å². The third-order valence-electron chi connectivity index (χ3n) is 2.74. The number of fused-ring (bicyclic) bond motifs is 1. The second kappa shape index (κ2) is 3.55. The molecule has 0 aliphatic heterocycles. The van der Waals surface area contributed by atoms with Crippen LogP contribution < -0.4 is 5.69 Å². The van der Waals surface area contributed by atoms with E-state index in [1.54, 1.807) is 23.2 Å². The maximum absolute atomic E-state index is 11.6. The molecule has 0 bridgehead atoms. The van der Waals surface area contributed by atoms with E-state index in [9.17, 15) is 4.79 Å². The number of aliphatic hydroxyl groups excluding tert-OH is 1. The third-order valence-corrected chi connectivity index (χ3v) is 2.74. The van der Waals surface area contributed by atoms with E-state index in [2.05, 4.69) is 0 Å². The number of imidazole rings is 1. The van der Waals surface area contributed by atoms with Crippen molar-refractivity contribution in [3.8, 4) is 0 Å². The first-order valence-corrected chi connectivity index (χ1v) is 4.90. The van der Waals surface area contributed by atoms with E-state index in [0.717, 1.165) is 16.6 Å². The van der Waals surface area contributed by atoms with Crippen molar-refractivity contribution >= 4 is 11.0 Å². The van der Waals surface area contributed by atoms with Crippen LogP contribution in [0.25, 0.3) is 11.0 Å². The van der Waals surface area contributed by atoms with Crippen molar-refractivity contribution in [2.24, 2.45) is 14.1 Å². The lowest BCUT2D eigenvalue weighted by Crippen LogP contribution is -2.19. The van der Waals surface area contributed by atoms with Crippen LogP contribution in [0, 0.1) is 0 Å². The highest BCUT2D eigenvalue weighted by atomic mass is 16.2. The summed E-state index contributed by atoms with van der Waals surface area (Å²) in [7, 11) is 3.52. The number of aromatic nitrogens is 2. The molecule has 0 radical (unpaired) electrons. The Morgan fingerprint density at radius 2 is 1.87 bits per heavy atom. The first-order valence-electron chi connectivity index (χ1n) is 4.90. The van der Waals surface area contributed by atoms with Crippen molar-refractivity contribution in [1.82, 2.24) is 9.13 Å². The number of benzene rings is 1. The lowest BCUT2D eigenvalue weighted by atomic mass is 10.1. The van der Waals surface area contributed by atoms with Gasteiger partial charge in [0.1, 0.15) is 0 Å². The Kier molecular flexibility index (Phi) is 2.36. The number of rotatable bonds is 2. The lowest BCUT2D eigenvalue weighted by Gasteiger charge is -1.99. The van der Waals surface area contributed by atoms with Crippen molar-refractivity contribution in [2.75, 3.05) is 6.61 Å². The van der Waals surface area contributed by atoms with E-state index < -0.39 is 0 Å². The highest BCUT2D eigenvalue weighted by molar-refractivity contribution is 5.76. The third kappa shape index (κ3) is 1.47. The van der Waals surface area contributed by atoms with E-state index >= 15 is 0 Å². The van der Waals surface area contributed by atoms with Gasteiger partial charge in [-0.2, -0.15) is 0 Å². The average Bonchev–Trinajstić information content (AvgIpc) is 2.45. The van der Waals surface area contributed by atoms with E-state index in [1.807, 2.05) is 18.2 Å². The number of hydrogen-bond donors (Lipinski definition) is 1. The normalized spacial score (nSPS) is 11.1. The Hall–Kier alpha value is -1.55. The van der Waals surface area contributed by atoms with E-state index in [1.165, 1.54) is 0 Å². The molecule has 1 heterocycles.